The molecule has 1 aromatic carbocycles. The number of carbonyl (C=O) groups is 1. The zero-order valence-electron chi connectivity index (χ0n) is 12.8. The van der Waals surface area contributed by atoms with Gasteiger partial charge in [-0.3, -0.25) is 4.79 Å². The predicted molar refractivity (Wildman–Crippen MR) is 87.0 cm³/mol. The summed E-state index contributed by atoms with van der Waals surface area (Å²) in [5.74, 6) is 1.48. The van der Waals surface area contributed by atoms with Gasteiger partial charge in [0.25, 0.3) is 0 Å². The first kappa shape index (κ1) is 15.2. The van der Waals surface area contributed by atoms with E-state index in [9.17, 15) is 4.79 Å². The molecule has 4 heteroatoms. The molecule has 1 amide bonds. The van der Waals surface area contributed by atoms with Crippen molar-refractivity contribution in [1.29, 1.82) is 0 Å². The van der Waals surface area contributed by atoms with Crippen molar-refractivity contribution >= 4 is 5.91 Å². The fourth-order valence-corrected chi connectivity index (χ4v) is 2.53. The second kappa shape index (κ2) is 7.49. The van der Waals surface area contributed by atoms with Gasteiger partial charge in [-0.2, -0.15) is 0 Å². The molecule has 0 aliphatic rings. The molecule has 0 radical (unpaired) electrons. The minimum absolute atomic E-state index is 0.0250. The van der Waals surface area contributed by atoms with Crippen molar-refractivity contribution in [2.75, 3.05) is 6.54 Å². The van der Waals surface area contributed by atoms with Crippen LogP contribution in [-0.2, 0) is 11.2 Å². The first-order valence-corrected chi connectivity index (χ1v) is 7.70. The van der Waals surface area contributed by atoms with Crippen LogP contribution in [0.15, 0.2) is 76.0 Å². The Bertz CT molecular complexity index is 668. The van der Waals surface area contributed by atoms with Crippen molar-refractivity contribution in [3.8, 4) is 0 Å². The van der Waals surface area contributed by atoms with Crippen LogP contribution >= 0.6 is 0 Å². The van der Waals surface area contributed by atoms with E-state index in [2.05, 4.69) is 5.32 Å². The number of aryl methyl sites for hydroxylation is 1. The van der Waals surface area contributed by atoms with E-state index in [1.165, 1.54) is 0 Å². The molecular weight excluding hydrogens is 290 g/mol. The Kier molecular flexibility index (Phi) is 4.94. The minimum Gasteiger partial charge on any atom is -0.469 e. The van der Waals surface area contributed by atoms with Crippen LogP contribution in [-0.4, -0.2) is 12.5 Å². The molecule has 0 atom stereocenters. The van der Waals surface area contributed by atoms with E-state index >= 15 is 0 Å². The van der Waals surface area contributed by atoms with Gasteiger partial charge in [0.1, 0.15) is 11.5 Å². The average molecular weight is 309 g/mol. The van der Waals surface area contributed by atoms with Gasteiger partial charge < -0.3 is 14.2 Å². The molecule has 0 fully saturated rings. The van der Waals surface area contributed by atoms with E-state index in [4.69, 9.17) is 8.83 Å². The van der Waals surface area contributed by atoms with Crippen LogP contribution in [0.25, 0.3) is 0 Å². The Labute approximate surface area is 135 Å². The normalized spacial score (nSPS) is 10.8. The molecule has 0 saturated heterocycles. The van der Waals surface area contributed by atoms with Gasteiger partial charge in [-0.15, -0.1) is 0 Å². The lowest BCUT2D eigenvalue weighted by Gasteiger charge is -2.13. The fraction of sp³-hybridized carbons (Fsp3) is 0.211. The molecule has 0 spiro atoms. The molecule has 0 saturated carbocycles. The molecule has 0 unspecified atom stereocenters. The van der Waals surface area contributed by atoms with Gasteiger partial charge in [0.15, 0.2) is 0 Å². The standard InChI is InChI=1S/C19H19NO3/c21-19(11-10-15-6-2-1-3-7-15)20-14-16(17-8-4-12-22-17)18-9-5-13-23-18/h1-9,12-13,16H,10-11,14H2,(H,20,21). The average Bonchev–Trinajstić information content (AvgIpc) is 3.28. The van der Waals surface area contributed by atoms with Crippen LogP contribution in [0.3, 0.4) is 0 Å². The Hall–Kier alpha value is -2.75. The van der Waals surface area contributed by atoms with Crippen molar-refractivity contribution in [2.24, 2.45) is 0 Å². The Balaban J connectivity index is 1.55. The number of nitrogens with one attached hydrogen (secondary N) is 1. The monoisotopic (exact) mass is 309 g/mol. The molecule has 1 N–H and O–H groups in total. The number of benzene rings is 1. The maximum absolute atomic E-state index is 12.1. The third kappa shape index (κ3) is 4.13. The highest BCUT2D eigenvalue weighted by molar-refractivity contribution is 5.76. The minimum atomic E-state index is -0.110. The molecule has 2 aromatic heterocycles. The second-order valence-corrected chi connectivity index (χ2v) is 5.37. The molecular formula is C19H19NO3. The first-order chi connectivity index (χ1) is 11.3. The lowest BCUT2D eigenvalue weighted by atomic mass is 10.0. The van der Waals surface area contributed by atoms with Gasteiger partial charge in [-0.05, 0) is 36.2 Å². The van der Waals surface area contributed by atoms with Crippen LogP contribution in [0.4, 0.5) is 0 Å². The number of amides is 1. The number of rotatable bonds is 7. The largest absolute Gasteiger partial charge is 0.469 e. The zero-order valence-corrected chi connectivity index (χ0v) is 12.8. The molecule has 118 valence electrons. The van der Waals surface area contributed by atoms with Crippen LogP contribution in [0, 0.1) is 0 Å². The van der Waals surface area contributed by atoms with Crippen molar-refractivity contribution in [2.45, 2.75) is 18.8 Å². The van der Waals surface area contributed by atoms with Crippen LogP contribution < -0.4 is 5.32 Å². The maximum atomic E-state index is 12.1. The fourth-order valence-electron chi connectivity index (χ4n) is 2.53. The molecule has 0 aliphatic carbocycles. The topological polar surface area (TPSA) is 55.4 Å². The molecule has 3 aromatic rings. The van der Waals surface area contributed by atoms with Gasteiger partial charge >= 0.3 is 0 Å². The van der Waals surface area contributed by atoms with Gasteiger partial charge in [-0.1, -0.05) is 30.3 Å². The summed E-state index contributed by atoms with van der Waals surface area (Å²) in [4.78, 5) is 12.1. The van der Waals surface area contributed by atoms with Gasteiger partial charge in [0, 0.05) is 13.0 Å². The van der Waals surface area contributed by atoms with Crippen molar-refractivity contribution in [3.05, 3.63) is 84.2 Å². The lowest BCUT2D eigenvalue weighted by Crippen LogP contribution is -2.28. The SMILES string of the molecule is O=C(CCc1ccccc1)NCC(c1ccco1)c1ccco1. The van der Waals surface area contributed by atoms with Gasteiger partial charge in [0.2, 0.25) is 5.91 Å². The summed E-state index contributed by atoms with van der Waals surface area (Å²) in [6.45, 7) is 0.453. The van der Waals surface area contributed by atoms with E-state index in [1.807, 2.05) is 54.6 Å². The summed E-state index contributed by atoms with van der Waals surface area (Å²) < 4.78 is 10.9. The third-order valence-corrected chi connectivity index (χ3v) is 3.76. The summed E-state index contributed by atoms with van der Waals surface area (Å²) in [6, 6.07) is 17.5. The smallest absolute Gasteiger partial charge is 0.220 e. The molecule has 0 aliphatic heterocycles. The van der Waals surface area contributed by atoms with Crippen molar-refractivity contribution in [1.82, 2.24) is 5.32 Å². The first-order valence-electron chi connectivity index (χ1n) is 7.70. The Morgan fingerprint density at radius 3 is 2.13 bits per heavy atom. The maximum Gasteiger partial charge on any atom is 0.220 e. The zero-order chi connectivity index (χ0) is 15.9. The van der Waals surface area contributed by atoms with E-state index in [1.54, 1.807) is 12.5 Å². The van der Waals surface area contributed by atoms with Crippen LogP contribution in [0.1, 0.15) is 29.4 Å². The van der Waals surface area contributed by atoms with E-state index < -0.39 is 0 Å². The number of hydrogen-bond donors (Lipinski definition) is 1. The second-order valence-electron chi connectivity index (χ2n) is 5.37. The highest BCUT2D eigenvalue weighted by Gasteiger charge is 2.20. The van der Waals surface area contributed by atoms with E-state index in [-0.39, 0.29) is 11.8 Å². The van der Waals surface area contributed by atoms with Crippen LogP contribution in [0.2, 0.25) is 0 Å². The van der Waals surface area contributed by atoms with Gasteiger partial charge in [0.05, 0.1) is 18.4 Å². The summed E-state index contributed by atoms with van der Waals surface area (Å²) in [5.41, 5.74) is 1.16. The van der Waals surface area contributed by atoms with Crippen LogP contribution in [0.5, 0.6) is 0 Å². The summed E-state index contributed by atoms with van der Waals surface area (Å²) in [6.07, 6.45) is 4.46. The summed E-state index contributed by atoms with van der Waals surface area (Å²) in [5, 5.41) is 2.97. The number of furan rings is 2. The molecule has 2 heterocycles. The molecule has 3 rings (SSSR count). The van der Waals surface area contributed by atoms with Gasteiger partial charge in [-0.25, -0.2) is 0 Å². The summed E-state index contributed by atoms with van der Waals surface area (Å²) >= 11 is 0. The van der Waals surface area contributed by atoms with E-state index in [0.717, 1.165) is 23.5 Å². The van der Waals surface area contributed by atoms with Crippen molar-refractivity contribution in [3.63, 3.8) is 0 Å². The number of carbonyl (C=O) groups excluding carboxylic acids is 1. The third-order valence-electron chi connectivity index (χ3n) is 3.76. The Morgan fingerprint density at radius 1 is 0.913 bits per heavy atom. The quantitative estimate of drug-likeness (QED) is 0.723. The van der Waals surface area contributed by atoms with Crippen molar-refractivity contribution < 1.29 is 13.6 Å². The molecule has 4 nitrogen and oxygen atoms in total. The predicted octanol–water partition coefficient (Wildman–Crippen LogP) is 3.75. The highest BCUT2D eigenvalue weighted by atomic mass is 16.3. The Morgan fingerprint density at radius 2 is 1.57 bits per heavy atom. The highest BCUT2D eigenvalue weighted by Crippen LogP contribution is 2.24. The molecule has 23 heavy (non-hydrogen) atoms. The molecule has 0 bridgehead atoms. The lowest BCUT2D eigenvalue weighted by molar-refractivity contribution is -0.121. The van der Waals surface area contributed by atoms with E-state index in [0.29, 0.717) is 13.0 Å². The summed E-state index contributed by atoms with van der Waals surface area (Å²) in [7, 11) is 0. The number of hydrogen-bond acceptors (Lipinski definition) is 3.